The molecule has 1 aromatic rings. The van der Waals surface area contributed by atoms with Crippen LogP contribution in [0.4, 0.5) is 0 Å². The normalized spacial score (nSPS) is 19.6. The van der Waals surface area contributed by atoms with Crippen LogP contribution in [-0.2, 0) is 16.0 Å². The SMILES string of the molecule is N=C(NCC1CC1)C(O)C(CCc1ccccc1)N(C=O)CC1CCOCC1. The van der Waals surface area contributed by atoms with E-state index in [0.717, 1.165) is 45.4 Å². The highest BCUT2D eigenvalue weighted by molar-refractivity contribution is 5.84. The van der Waals surface area contributed by atoms with Gasteiger partial charge in [0.05, 0.1) is 6.04 Å². The number of rotatable bonds is 11. The number of hydrogen-bond donors (Lipinski definition) is 3. The summed E-state index contributed by atoms with van der Waals surface area (Å²) in [5.41, 5.74) is 1.18. The van der Waals surface area contributed by atoms with Crippen molar-refractivity contribution in [3.8, 4) is 0 Å². The van der Waals surface area contributed by atoms with E-state index in [2.05, 4.69) is 17.4 Å². The van der Waals surface area contributed by atoms with Crippen LogP contribution in [0.15, 0.2) is 30.3 Å². The molecule has 1 saturated heterocycles. The summed E-state index contributed by atoms with van der Waals surface area (Å²) in [6.07, 6.45) is 5.50. The lowest BCUT2D eigenvalue weighted by molar-refractivity contribution is -0.123. The maximum absolute atomic E-state index is 11.9. The third-order valence-corrected chi connectivity index (χ3v) is 5.88. The molecule has 2 aliphatic rings. The summed E-state index contributed by atoms with van der Waals surface area (Å²) in [5, 5.41) is 22.3. The van der Waals surface area contributed by atoms with Gasteiger partial charge in [0, 0.05) is 26.3 Å². The number of hydrogen-bond acceptors (Lipinski definition) is 4. The van der Waals surface area contributed by atoms with E-state index in [1.54, 1.807) is 4.90 Å². The molecule has 6 nitrogen and oxygen atoms in total. The molecule has 1 heterocycles. The van der Waals surface area contributed by atoms with Gasteiger partial charge in [-0.1, -0.05) is 30.3 Å². The maximum atomic E-state index is 11.9. The number of nitrogens with one attached hydrogen (secondary N) is 2. The topological polar surface area (TPSA) is 85.7 Å². The van der Waals surface area contributed by atoms with Crippen LogP contribution in [0.3, 0.4) is 0 Å². The van der Waals surface area contributed by atoms with E-state index in [0.29, 0.717) is 24.8 Å². The van der Waals surface area contributed by atoms with Gasteiger partial charge >= 0.3 is 0 Å². The minimum atomic E-state index is -0.993. The maximum Gasteiger partial charge on any atom is 0.210 e. The molecule has 1 amide bonds. The van der Waals surface area contributed by atoms with Crippen LogP contribution in [0.25, 0.3) is 0 Å². The van der Waals surface area contributed by atoms with Crippen LogP contribution in [-0.4, -0.2) is 60.7 Å². The zero-order valence-electron chi connectivity index (χ0n) is 16.6. The highest BCUT2D eigenvalue weighted by Gasteiger charge is 2.31. The van der Waals surface area contributed by atoms with E-state index in [4.69, 9.17) is 10.1 Å². The minimum absolute atomic E-state index is 0.129. The predicted octanol–water partition coefficient (Wildman–Crippen LogP) is 2.21. The van der Waals surface area contributed by atoms with Crippen molar-refractivity contribution >= 4 is 12.2 Å². The first-order chi connectivity index (χ1) is 13.7. The molecule has 2 unspecified atom stereocenters. The third kappa shape index (κ3) is 6.31. The average Bonchev–Trinajstić information content (AvgIpc) is 3.57. The zero-order valence-corrected chi connectivity index (χ0v) is 16.6. The van der Waals surface area contributed by atoms with E-state index in [-0.39, 0.29) is 5.84 Å². The number of aliphatic hydroxyl groups is 1. The van der Waals surface area contributed by atoms with Gasteiger partial charge in [-0.05, 0) is 55.9 Å². The van der Waals surface area contributed by atoms with E-state index in [9.17, 15) is 9.90 Å². The molecule has 1 aromatic carbocycles. The lowest BCUT2D eigenvalue weighted by atomic mass is 9.95. The molecule has 1 saturated carbocycles. The second-order valence-electron chi connectivity index (χ2n) is 8.13. The summed E-state index contributed by atoms with van der Waals surface area (Å²) in [5.74, 6) is 1.14. The molecule has 0 bridgehead atoms. The summed E-state index contributed by atoms with van der Waals surface area (Å²) < 4.78 is 5.43. The van der Waals surface area contributed by atoms with Crippen LogP contribution in [0.5, 0.6) is 0 Å². The summed E-state index contributed by atoms with van der Waals surface area (Å²) in [7, 11) is 0. The summed E-state index contributed by atoms with van der Waals surface area (Å²) in [6.45, 7) is 2.81. The Balaban J connectivity index is 1.65. The first kappa shape index (κ1) is 20.8. The Morgan fingerprint density at radius 3 is 2.57 bits per heavy atom. The quantitative estimate of drug-likeness (QED) is 0.309. The van der Waals surface area contributed by atoms with Gasteiger partial charge in [0.1, 0.15) is 11.9 Å². The van der Waals surface area contributed by atoms with E-state index >= 15 is 0 Å². The van der Waals surface area contributed by atoms with Crippen molar-refractivity contribution in [1.82, 2.24) is 10.2 Å². The molecule has 0 spiro atoms. The summed E-state index contributed by atoms with van der Waals surface area (Å²) in [4.78, 5) is 13.6. The van der Waals surface area contributed by atoms with Crippen molar-refractivity contribution in [2.24, 2.45) is 11.8 Å². The molecule has 28 heavy (non-hydrogen) atoms. The van der Waals surface area contributed by atoms with Gasteiger partial charge in [0.15, 0.2) is 0 Å². The Labute approximate surface area is 167 Å². The molecular formula is C22H33N3O3. The van der Waals surface area contributed by atoms with E-state index < -0.39 is 12.1 Å². The largest absolute Gasteiger partial charge is 0.383 e. The first-order valence-corrected chi connectivity index (χ1v) is 10.5. The van der Waals surface area contributed by atoms with Crippen LogP contribution in [0, 0.1) is 17.2 Å². The molecule has 6 heteroatoms. The lowest BCUT2D eigenvalue weighted by Crippen LogP contribution is -2.52. The lowest BCUT2D eigenvalue weighted by Gasteiger charge is -2.36. The Morgan fingerprint density at radius 2 is 1.93 bits per heavy atom. The van der Waals surface area contributed by atoms with Crippen molar-refractivity contribution in [3.63, 3.8) is 0 Å². The van der Waals surface area contributed by atoms with Gasteiger partial charge in [-0.2, -0.15) is 0 Å². The Kier molecular flexibility index (Phi) is 7.86. The van der Waals surface area contributed by atoms with Gasteiger partial charge in [0.2, 0.25) is 6.41 Å². The Hall–Kier alpha value is -1.92. The van der Waals surface area contributed by atoms with Gasteiger partial charge in [0.25, 0.3) is 0 Å². The molecule has 0 radical (unpaired) electrons. The number of carbonyl (C=O) groups excluding carboxylic acids is 1. The van der Waals surface area contributed by atoms with Gasteiger partial charge in [-0.3, -0.25) is 10.2 Å². The number of nitrogens with zero attached hydrogens (tertiary/aromatic N) is 1. The highest BCUT2D eigenvalue weighted by Crippen LogP contribution is 2.27. The molecular weight excluding hydrogens is 354 g/mol. The van der Waals surface area contributed by atoms with E-state index in [1.807, 2.05) is 18.2 Å². The molecule has 1 aliphatic carbocycles. The number of aryl methyl sites for hydroxylation is 1. The predicted molar refractivity (Wildman–Crippen MR) is 109 cm³/mol. The van der Waals surface area contributed by atoms with Crippen molar-refractivity contribution in [2.75, 3.05) is 26.3 Å². The highest BCUT2D eigenvalue weighted by atomic mass is 16.5. The van der Waals surface area contributed by atoms with Gasteiger partial charge in [-0.15, -0.1) is 0 Å². The minimum Gasteiger partial charge on any atom is -0.383 e. The van der Waals surface area contributed by atoms with Crippen molar-refractivity contribution in [3.05, 3.63) is 35.9 Å². The van der Waals surface area contributed by atoms with Crippen LogP contribution in [0.1, 0.15) is 37.7 Å². The van der Waals surface area contributed by atoms with Crippen molar-refractivity contribution in [2.45, 2.75) is 50.7 Å². The summed E-state index contributed by atoms with van der Waals surface area (Å²) in [6, 6.07) is 9.70. The second kappa shape index (κ2) is 10.6. The number of carbonyl (C=O) groups is 1. The van der Waals surface area contributed by atoms with Crippen molar-refractivity contribution < 1.29 is 14.6 Å². The number of ether oxygens (including phenoxy) is 1. The number of amidine groups is 1. The van der Waals surface area contributed by atoms with Gasteiger partial charge < -0.3 is 20.1 Å². The number of amides is 1. The van der Waals surface area contributed by atoms with E-state index in [1.165, 1.54) is 18.4 Å². The molecule has 3 rings (SSSR count). The fourth-order valence-corrected chi connectivity index (χ4v) is 3.82. The number of aliphatic hydroxyl groups excluding tert-OH is 1. The molecule has 2 fully saturated rings. The first-order valence-electron chi connectivity index (χ1n) is 10.5. The fourth-order valence-electron chi connectivity index (χ4n) is 3.82. The Morgan fingerprint density at radius 1 is 1.21 bits per heavy atom. The van der Waals surface area contributed by atoms with Crippen LogP contribution < -0.4 is 5.32 Å². The Bertz CT molecular complexity index is 615. The van der Waals surface area contributed by atoms with Gasteiger partial charge in [-0.25, -0.2) is 0 Å². The number of benzene rings is 1. The van der Waals surface area contributed by atoms with Crippen molar-refractivity contribution in [1.29, 1.82) is 5.41 Å². The summed E-state index contributed by atoms with van der Waals surface area (Å²) >= 11 is 0. The molecule has 2 atom stereocenters. The third-order valence-electron chi connectivity index (χ3n) is 5.88. The molecule has 0 aromatic heterocycles. The monoisotopic (exact) mass is 387 g/mol. The molecule has 3 N–H and O–H groups in total. The smallest absolute Gasteiger partial charge is 0.210 e. The fraction of sp³-hybridized carbons (Fsp3) is 0.636. The molecule has 1 aliphatic heterocycles. The van der Waals surface area contributed by atoms with Crippen LogP contribution >= 0.6 is 0 Å². The zero-order chi connectivity index (χ0) is 19.8. The van der Waals surface area contributed by atoms with Crippen LogP contribution in [0.2, 0.25) is 0 Å². The second-order valence-corrected chi connectivity index (χ2v) is 8.13. The molecule has 154 valence electrons. The standard InChI is InChI=1S/C22H33N3O3/c23-22(24-14-18-6-7-18)21(27)20(9-8-17-4-2-1-3-5-17)25(16-26)15-19-10-12-28-13-11-19/h1-5,16,18-21,27H,6-15H2,(H2,23,24). The average molecular weight is 388 g/mol.